The standard InChI is InChI=1S/C10H6Cl2F7N.C9H4Cl2F7N/c11-6-1-4(2-7(12)5(6)3-20)8(13,9(14,15)16)10(17,18)19;10-4-1-3(2-5(11)6(4)19)7(12,8(13,14)15)9(16,17)18/h1-2H,3,20H2;1-2H,19H2. The highest BCUT2D eigenvalue weighted by atomic mass is 35.5. The van der Waals surface area contributed by atoms with Crippen molar-refractivity contribution < 1.29 is 61.5 Å². The van der Waals surface area contributed by atoms with Gasteiger partial charge >= 0.3 is 36.0 Å². The molecule has 0 radical (unpaired) electrons. The Morgan fingerprint density at radius 1 is 0.487 bits per heavy atom. The summed E-state index contributed by atoms with van der Waals surface area (Å²) in [5.74, 6) is 0. The number of nitrogen functional groups attached to an aromatic ring is 1. The number of halogens is 18. The maximum Gasteiger partial charge on any atom is 0.435 e. The van der Waals surface area contributed by atoms with Gasteiger partial charge in [-0.1, -0.05) is 46.4 Å². The molecule has 20 heteroatoms. The smallest absolute Gasteiger partial charge is 0.396 e. The number of anilines is 1. The predicted octanol–water partition coefficient (Wildman–Crippen LogP) is 9.61. The predicted molar refractivity (Wildman–Crippen MR) is 115 cm³/mol. The van der Waals surface area contributed by atoms with Crippen molar-refractivity contribution in [3.63, 3.8) is 0 Å². The first-order chi connectivity index (χ1) is 17.2. The molecule has 0 spiro atoms. The van der Waals surface area contributed by atoms with E-state index < -0.39 is 72.9 Å². The van der Waals surface area contributed by atoms with Gasteiger partial charge in [-0.25, -0.2) is 8.78 Å². The first kappa shape index (κ1) is 35.4. The molecule has 0 saturated carbocycles. The number of hydrogen-bond donors (Lipinski definition) is 2. The molecule has 39 heavy (non-hydrogen) atoms. The van der Waals surface area contributed by atoms with Crippen LogP contribution >= 0.6 is 46.4 Å². The third-order valence-electron chi connectivity index (χ3n) is 4.78. The van der Waals surface area contributed by atoms with Crippen LogP contribution in [0, 0.1) is 0 Å². The Hall–Kier alpha value is -1.62. The summed E-state index contributed by atoms with van der Waals surface area (Å²) in [6, 6.07) is 0.723. The van der Waals surface area contributed by atoms with Crippen LogP contribution in [0.1, 0.15) is 16.7 Å². The molecule has 0 aromatic heterocycles. The number of nitrogens with two attached hydrogens (primary N) is 2. The van der Waals surface area contributed by atoms with E-state index in [0.29, 0.717) is 0 Å². The van der Waals surface area contributed by atoms with Crippen LogP contribution < -0.4 is 11.5 Å². The summed E-state index contributed by atoms with van der Waals surface area (Å²) < 4.78 is 177. The van der Waals surface area contributed by atoms with Crippen molar-refractivity contribution >= 4 is 52.1 Å². The molecule has 2 nitrogen and oxygen atoms in total. The summed E-state index contributed by atoms with van der Waals surface area (Å²) in [7, 11) is 0. The zero-order chi connectivity index (χ0) is 31.2. The van der Waals surface area contributed by atoms with Gasteiger partial charge in [0, 0.05) is 33.3 Å². The van der Waals surface area contributed by atoms with Crippen molar-refractivity contribution in [1.29, 1.82) is 0 Å². The lowest BCUT2D eigenvalue weighted by Crippen LogP contribution is -2.50. The molecule has 2 aromatic rings. The summed E-state index contributed by atoms with van der Waals surface area (Å²) in [5.41, 5.74) is -4.86. The minimum atomic E-state index is -6.23. The van der Waals surface area contributed by atoms with E-state index in [1.165, 1.54) is 0 Å². The topological polar surface area (TPSA) is 52.0 Å². The highest BCUT2D eigenvalue weighted by Gasteiger charge is 2.74. The van der Waals surface area contributed by atoms with Gasteiger partial charge in [0.25, 0.3) is 0 Å². The molecule has 4 N–H and O–H groups in total. The van der Waals surface area contributed by atoms with Gasteiger partial charge in [-0.05, 0) is 24.3 Å². The lowest BCUT2D eigenvalue weighted by Gasteiger charge is -2.30. The van der Waals surface area contributed by atoms with Crippen molar-refractivity contribution in [1.82, 2.24) is 0 Å². The van der Waals surface area contributed by atoms with Crippen molar-refractivity contribution in [2.24, 2.45) is 5.73 Å². The summed E-state index contributed by atoms with van der Waals surface area (Å²) in [6.45, 7) is -0.324. The Bertz CT molecular complexity index is 1110. The summed E-state index contributed by atoms with van der Waals surface area (Å²) in [4.78, 5) is 0. The monoisotopic (exact) mass is 672 g/mol. The number of benzene rings is 2. The lowest BCUT2D eigenvalue weighted by atomic mass is 9.93. The van der Waals surface area contributed by atoms with Crippen molar-refractivity contribution in [3.05, 3.63) is 61.0 Å². The van der Waals surface area contributed by atoms with Gasteiger partial charge in [0.05, 0.1) is 15.7 Å². The third-order valence-corrected chi connectivity index (χ3v) is 6.08. The molecule has 0 aliphatic rings. The van der Waals surface area contributed by atoms with Crippen molar-refractivity contribution in [2.45, 2.75) is 42.6 Å². The first-order valence-corrected chi connectivity index (χ1v) is 10.8. The summed E-state index contributed by atoms with van der Waals surface area (Å²) in [6.07, 6.45) is -24.9. The van der Waals surface area contributed by atoms with Crippen LogP contribution in [-0.4, -0.2) is 24.7 Å². The van der Waals surface area contributed by atoms with Gasteiger partial charge in [0.15, 0.2) is 0 Å². The fourth-order valence-electron chi connectivity index (χ4n) is 2.76. The van der Waals surface area contributed by atoms with Crippen LogP contribution in [0.4, 0.5) is 67.2 Å². The van der Waals surface area contributed by atoms with E-state index in [9.17, 15) is 61.5 Å². The van der Waals surface area contributed by atoms with E-state index in [0.717, 1.165) is 0 Å². The van der Waals surface area contributed by atoms with Crippen molar-refractivity contribution in [3.8, 4) is 0 Å². The van der Waals surface area contributed by atoms with Gasteiger partial charge in [-0.3, -0.25) is 0 Å². The Labute approximate surface area is 228 Å². The molecule has 0 aliphatic heterocycles. The van der Waals surface area contributed by atoms with E-state index in [-0.39, 0.29) is 36.4 Å². The van der Waals surface area contributed by atoms with Crippen LogP contribution in [0.2, 0.25) is 20.1 Å². The fourth-order valence-corrected chi connectivity index (χ4v) is 3.88. The average Bonchev–Trinajstić information content (AvgIpc) is 2.73. The average molecular weight is 674 g/mol. The molecule has 2 rings (SSSR count). The largest absolute Gasteiger partial charge is 0.435 e. The van der Waals surface area contributed by atoms with Gasteiger partial charge in [0.1, 0.15) is 0 Å². The van der Waals surface area contributed by atoms with E-state index in [2.05, 4.69) is 0 Å². The van der Waals surface area contributed by atoms with E-state index in [4.69, 9.17) is 57.9 Å². The number of hydrogen-bond acceptors (Lipinski definition) is 2. The van der Waals surface area contributed by atoms with E-state index in [1.54, 1.807) is 0 Å². The zero-order valence-corrected chi connectivity index (χ0v) is 21.0. The highest BCUT2D eigenvalue weighted by Crippen LogP contribution is 2.55. The van der Waals surface area contributed by atoms with Crippen molar-refractivity contribution in [2.75, 3.05) is 5.73 Å². The van der Waals surface area contributed by atoms with Gasteiger partial charge in [-0.15, -0.1) is 0 Å². The second-order valence-corrected chi connectivity index (χ2v) is 8.91. The molecule has 0 bridgehead atoms. The zero-order valence-electron chi connectivity index (χ0n) is 18.0. The van der Waals surface area contributed by atoms with Gasteiger partial charge in [-0.2, -0.15) is 52.7 Å². The Morgan fingerprint density at radius 3 is 0.923 bits per heavy atom. The fraction of sp³-hybridized carbons (Fsp3) is 0.368. The highest BCUT2D eigenvalue weighted by molar-refractivity contribution is 6.39. The molecular formula is C19H10Cl4F14N2. The second kappa shape index (κ2) is 11.3. The molecule has 0 saturated heterocycles. The minimum absolute atomic E-state index is 0.0798. The lowest BCUT2D eigenvalue weighted by molar-refractivity contribution is -0.349. The number of rotatable bonds is 3. The van der Waals surface area contributed by atoms with E-state index >= 15 is 0 Å². The maximum atomic E-state index is 13.7. The molecule has 0 unspecified atom stereocenters. The van der Waals surface area contributed by atoms with Gasteiger partial charge < -0.3 is 11.5 Å². The molecular weight excluding hydrogens is 664 g/mol. The SMILES string of the molecule is NCc1c(Cl)cc(C(F)(C(F)(F)F)C(F)(F)F)cc1Cl.Nc1c(Cl)cc(C(F)(C(F)(F)F)C(F)(F)F)cc1Cl. The van der Waals surface area contributed by atoms with Crippen LogP contribution in [-0.2, 0) is 17.9 Å². The first-order valence-electron chi connectivity index (χ1n) is 9.26. The van der Waals surface area contributed by atoms with Crippen LogP contribution in [0.3, 0.4) is 0 Å². The molecule has 0 fully saturated rings. The summed E-state index contributed by atoms with van der Waals surface area (Å²) >= 11 is 21.6. The molecule has 0 atom stereocenters. The normalized spacial score (nSPS) is 13.7. The minimum Gasteiger partial charge on any atom is -0.396 e. The Kier molecular flexibility index (Phi) is 10.3. The Balaban J connectivity index is 0.000000391. The molecule has 222 valence electrons. The number of alkyl halides is 14. The molecule has 0 heterocycles. The Morgan fingerprint density at radius 2 is 0.718 bits per heavy atom. The van der Waals surface area contributed by atoms with Crippen LogP contribution in [0.5, 0.6) is 0 Å². The molecule has 0 amide bonds. The van der Waals surface area contributed by atoms with Crippen LogP contribution in [0.25, 0.3) is 0 Å². The van der Waals surface area contributed by atoms with Crippen LogP contribution in [0.15, 0.2) is 24.3 Å². The molecule has 2 aromatic carbocycles. The van der Waals surface area contributed by atoms with Gasteiger partial charge in [0.2, 0.25) is 0 Å². The third kappa shape index (κ3) is 6.66. The van der Waals surface area contributed by atoms with E-state index in [1.807, 2.05) is 0 Å². The second-order valence-electron chi connectivity index (χ2n) is 7.28. The maximum absolute atomic E-state index is 13.7. The molecule has 0 aliphatic carbocycles. The quantitative estimate of drug-likeness (QED) is 0.252. The summed E-state index contributed by atoms with van der Waals surface area (Å²) in [5, 5.41) is -2.58.